The smallest absolute Gasteiger partial charge is 0.104 e. The van der Waals surface area contributed by atoms with E-state index in [0.717, 1.165) is 13.0 Å². The zero-order valence-electron chi connectivity index (χ0n) is 14.7. The molecule has 2 nitrogen and oxygen atoms in total. The fraction of sp³-hybridized carbons (Fsp3) is 0.833. The third kappa shape index (κ3) is 2.21. The summed E-state index contributed by atoms with van der Waals surface area (Å²) in [4.78, 5) is 7.79. The average molecular weight is 276 g/mol. The van der Waals surface area contributed by atoms with Crippen molar-refractivity contribution < 1.29 is 0 Å². The van der Waals surface area contributed by atoms with Crippen molar-refractivity contribution in [3.8, 4) is 0 Å². The lowest BCUT2D eigenvalue weighted by atomic mass is 9.62. The van der Waals surface area contributed by atoms with Gasteiger partial charge in [0.25, 0.3) is 0 Å². The van der Waals surface area contributed by atoms with Gasteiger partial charge in [-0.25, -0.2) is 0 Å². The number of aliphatic imine (C=N–C) groups is 1. The van der Waals surface area contributed by atoms with Crippen molar-refractivity contribution in [1.82, 2.24) is 4.90 Å². The Hall–Kier alpha value is -0.790. The Morgan fingerprint density at radius 3 is 2.20 bits per heavy atom. The number of amidine groups is 1. The van der Waals surface area contributed by atoms with Gasteiger partial charge in [0.15, 0.2) is 0 Å². The second kappa shape index (κ2) is 4.61. The molecule has 0 aromatic carbocycles. The van der Waals surface area contributed by atoms with Gasteiger partial charge in [-0.2, -0.15) is 0 Å². The highest BCUT2D eigenvalue weighted by Crippen LogP contribution is 2.52. The van der Waals surface area contributed by atoms with Crippen LogP contribution < -0.4 is 0 Å². The minimum absolute atomic E-state index is 0.0905. The number of hydrogen-bond donors (Lipinski definition) is 0. The van der Waals surface area contributed by atoms with Crippen LogP contribution in [0.15, 0.2) is 16.3 Å². The fourth-order valence-corrected chi connectivity index (χ4v) is 3.85. The van der Waals surface area contributed by atoms with Gasteiger partial charge in [-0.1, -0.05) is 48.5 Å². The molecule has 2 aliphatic heterocycles. The third-order valence-electron chi connectivity index (χ3n) is 5.09. The molecule has 114 valence electrons. The molecule has 2 heteroatoms. The predicted octanol–water partition coefficient (Wildman–Crippen LogP) is 5.01. The summed E-state index contributed by atoms with van der Waals surface area (Å²) in [7, 11) is 0. The zero-order chi connectivity index (χ0) is 15.3. The summed E-state index contributed by atoms with van der Waals surface area (Å²) in [6.45, 7) is 19.8. The van der Waals surface area contributed by atoms with Crippen LogP contribution in [0.3, 0.4) is 0 Å². The Bertz CT molecular complexity index is 457. The highest BCUT2D eigenvalue weighted by Gasteiger charge is 2.50. The summed E-state index contributed by atoms with van der Waals surface area (Å²) < 4.78 is 0. The van der Waals surface area contributed by atoms with E-state index in [-0.39, 0.29) is 16.4 Å². The number of nitrogens with zero attached hydrogens (tertiary/aromatic N) is 2. The van der Waals surface area contributed by atoms with Crippen LogP contribution in [0.1, 0.15) is 74.7 Å². The van der Waals surface area contributed by atoms with E-state index in [1.54, 1.807) is 11.3 Å². The van der Waals surface area contributed by atoms with Gasteiger partial charge in [0, 0.05) is 18.7 Å². The molecule has 2 aliphatic rings. The molecule has 0 aromatic rings. The van der Waals surface area contributed by atoms with E-state index < -0.39 is 0 Å². The van der Waals surface area contributed by atoms with Crippen molar-refractivity contribution in [1.29, 1.82) is 0 Å². The summed E-state index contributed by atoms with van der Waals surface area (Å²) in [5.74, 6) is 1.29. The lowest BCUT2D eigenvalue weighted by molar-refractivity contribution is 0.202. The molecule has 1 fully saturated rings. The van der Waals surface area contributed by atoms with Gasteiger partial charge >= 0.3 is 0 Å². The fourth-order valence-electron chi connectivity index (χ4n) is 3.85. The zero-order valence-corrected chi connectivity index (χ0v) is 14.7. The molecule has 1 atom stereocenters. The normalized spacial score (nSPS) is 27.8. The first-order chi connectivity index (χ1) is 9.02. The molecule has 0 amide bonds. The highest BCUT2D eigenvalue weighted by molar-refractivity contribution is 5.86. The molecule has 20 heavy (non-hydrogen) atoms. The van der Waals surface area contributed by atoms with Crippen LogP contribution in [0.25, 0.3) is 0 Å². The molecule has 1 unspecified atom stereocenters. The van der Waals surface area contributed by atoms with Gasteiger partial charge in [0.1, 0.15) is 5.84 Å². The number of allylic oxidation sites excluding steroid dienone is 1. The topological polar surface area (TPSA) is 15.6 Å². The van der Waals surface area contributed by atoms with Crippen molar-refractivity contribution in [2.75, 3.05) is 6.54 Å². The molecule has 2 heterocycles. The van der Waals surface area contributed by atoms with Gasteiger partial charge in [-0.05, 0) is 36.2 Å². The lowest BCUT2D eigenvalue weighted by Gasteiger charge is -2.50. The Kier molecular flexibility index (Phi) is 3.59. The van der Waals surface area contributed by atoms with Crippen molar-refractivity contribution in [3.63, 3.8) is 0 Å². The van der Waals surface area contributed by atoms with Crippen molar-refractivity contribution >= 4 is 5.84 Å². The molecule has 2 rings (SSSR count). The first-order valence-corrected chi connectivity index (χ1v) is 8.12. The second-order valence-electron chi connectivity index (χ2n) is 8.53. The lowest BCUT2D eigenvalue weighted by Crippen LogP contribution is -2.50. The van der Waals surface area contributed by atoms with E-state index in [0.29, 0.717) is 0 Å². The van der Waals surface area contributed by atoms with Crippen LogP contribution in [0.4, 0.5) is 0 Å². The van der Waals surface area contributed by atoms with Crippen LogP contribution in [0, 0.1) is 10.8 Å². The molecule has 0 bridgehead atoms. The van der Waals surface area contributed by atoms with Crippen molar-refractivity contribution in [3.05, 3.63) is 11.3 Å². The van der Waals surface area contributed by atoms with Gasteiger partial charge in [-0.15, -0.1) is 0 Å². The Labute approximate surface area is 125 Å². The average Bonchev–Trinajstić information content (AvgIpc) is 2.72. The van der Waals surface area contributed by atoms with Crippen LogP contribution in [0.2, 0.25) is 0 Å². The van der Waals surface area contributed by atoms with Crippen molar-refractivity contribution in [2.45, 2.75) is 80.2 Å². The quantitative estimate of drug-likeness (QED) is 0.657. The minimum atomic E-state index is -0.0905. The molecule has 0 N–H and O–H groups in total. The van der Waals surface area contributed by atoms with Gasteiger partial charge in [0.05, 0.1) is 5.54 Å². The first kappa shape index (κ1) is 15.6. The molecule has 0 saturated carbocycles. The SMILES string of the molecule is CCC1=NC(C)(C(C)(C)C)C(C(C)(C)C)=C2CCCN12. The molecule has 0 aromatic heterocycles. The van der Waals surface area contributed by atoms with Gasteiger partial charge < -0.3 is 4.90 Å². The summed E-state index contributed by atoms with van der Waals surface area (Å²) >= 11 is 0. The summed E-state index contributed by atoms with van der Waals surface area (Å²) in [5, 5.41) is 0. The molecule has 0 radical (unpaired) electrons. The largest absolute Gasteiger partial charge is 0.334 e. The molecular formula is C18H32N2. The van der Waals surface area contributed by atoms with Gasteiger partial charge in [-0.3, -0.25) is 4.99 Å². The Balaban J connectivity index is 2.70. The molecule has 0 spiro atoms. The van der Waals surface area contributed by atoms with E-state index in [2.05, 4.69) is 60.3 Å². The Morgan fingerprint density at radius 2 is 1.75 bits per heavy atom. The number of rotatable bonds is 1. The van der Waals surface area contributed by atoms with E-state index in [4.69, 9.17) is 4.99 Å². The minimum Gasteiger partial charge on any atom is -0.334 e. The number of fused-ring (bicyclic) bond motifs is 1. The monoisotopic (exact) mass is 276 g/mol. The predicted molar refractivity (Wildman–Crippen MR) is 88.0 cm³/mol. The van der Waals surface area contributed by atoms with Crippen LogP contribution >= 0.6 is 0 Å². The maximum absolute atomic E-state index is 5.28. The molecular weight excluding hydrogens is 244 g/mol. The Morgan fingerprint density at radius 1 is 1.15 bits per heavy atom. The summed E-state index contributed by atoms with van der Waals surface area (Å²) in [6, 6.07) is 0. The van der Waals surface area contributed by atoms with Gasteiger partial charge in [0.2, 0.25) is 0 Å². The van der Waals surface area contributed by atoms with Crippen LogP contribution in [-0.2, 0) is 0 Å². The maximum atomic E-state index is 5.28. The molecule has 1 saturated heterocycles. The standard InChI is InChI=1S/C18H32N2/c1-9-14-19-18(8,17(5,6)7)15(16(2,3)4)13-11-10-12-20(13)14/h9-12H2,1-8H3. The highest BCUT2D eigenvalue weighted by atomic mass is 15.2. The maximum Gasteiger partial charge on any atom is 0.104 e. The van der Waals surface area contributed by atoms with E-state index in [9.17, 15) is 0 Å². The van der Waals surface area contributed by atoms with E-state index in [1.165, 1.54) is 18.7 Å². The number of hydrogen-bond acceptors (Lipinski definition) is 2. The molecule has 0 aliphatic carbocycles. The van der Waals surface area contributed by atoms with Crippen molar-refractivity contribution in [2.24, 2.45) is 15.8 Å². The van der Waals surface area contributed by atoms with Crippen LogP contribution in [0.5, 0.6) is 0 Å². The second-order valence-corrected chi connectivity index (χ2v) is 8.53. The van der Waals surface area contributed by atoms with E-state index >= 15 is 0 Å². The van der Waals surface area contributed by atoms with Crippen LogP contribution in [-0.4, -0.2) is 22.8 Å². The van der Waals surface area contributed by atoms with E-state index in [1.807, 2.05) is 0 Å². The third-order valence-corrected chi connectivity index (χ3v) is 5.09. The summed E-state index contributed by atoms with van der Waals surface area (Å²) in [6.07, 6.45) is 3.53. The summed E-state index contributed by atoms with van der Waals surface area (Å²) in [5.41, 5.74) is 3.35. The first-order valence-electron chi connectivity index (χ1n) is 8.12.